The summed E-state index contributed by atoms with van der Waals surface area (Å²) in [6, 6.07) is 12.9. The second-order valence-corrected chi connectivity index (χ2v) is 19.9. The van der Waals surface area contributed by atoms with Gasteiger partial charge >= 0.3 is 12.2 Å². The molecule has 16 heteroatoms. The molecule has 6 heterocycles. The van der Waals surface area contributed by atoms with Crippen LogP contribution in [0, 0.1) is 17.8 Å². The van der Waals surface area contributed by atoms with E-state index in [4.69, 9.17) is 28.9 Å². The van der Waals surface area contributed by atoms with Crippen LogP contribution in [-0.4, -0.2) is 104 Å². The van der Waals surface area contributed by atoms with Gasteiger partial charge in [-0.2, -0.15) is 0 Å². The van der Waals surface area contributed by atoms with Crippen molar-refractivity contribution in [2.75, 3.05) is 14.2 Å². The van der Waals surface area contributed by atoms with Crippen LogP contribution < -0.4 is 15.4 Å². The number of aromatic nitrogens is 4. The number of hydrogen-bond acceptors (Lipinski definition) is 10. The molecule has 4 fully saturated rings. The second kappa shape index (κ2) is 17.8. The molecule has 5 aromatic rings. The molecule has 16 nitrogen and oxygen atoms in total. The summed E-state index contributed by atoms with van der Waals surface area (Å²) in [7, 11) is 2.63. The van der Waals surface area contributed by atoms with Crippen molar-refractivity contribution in [2.24, 2.45) is 17.8 Å². The minimum Gasteiger partial charge on any atom is -0.488 e. The molecule has 5 aliphatic rings. The van der Waals surface area contributed by atoms with Crippen LogP contribution in [0.4, 0.5) is 9.59 Å². The number of carbonyl (C=O) groups excluding carboxylic acids is 4. The van der Waals surface area contributed by atoms with Crippen LogP contribution in [0.5, 0.6) is 5.75 Å². The lowest BCUT2D eigenvalue weighted by Crippen LogP contribution is -2.55. The lowest BCUT2D eigenvalue weighted by molar-refractivity contribution is -0.140. The van der Waals surface area contributed by atoms with Crippen LogP contribution in [0.3, 0.4) is 0 Å². The number of aromatic amines is 2. The Bertz CT molecular complexity index is 2720. The van der Waals surface area contributed by atoms with E-state index in [-0.39, 0.29) is 60.0 Å². The molecule has 0 bridgehead atoms. The van der Waals surface area contributed by atoms with Crippen LogP contribution in [0.1, 0.15) is 115 Å². The fraction of sp³-hybridized carbons (Fsp3) is 0.529. The number of nitrogens with one attached hydrogen (secondary N) is 4. The first-order valence-electron chi connectivity index (χ1n) is 24.1. The van der Waals surface area contributed by atoms with Gasteiger partial charge in [0.1, 0.15) is 36.1 Å². The van der Waals surface area contributed by atoms with Crippen molar-refractivity contribution in [2.45, 2.75) is 141 Å². The molecule has 1 saturated carbocycles. The predicted molar refractivity (Wildman–Crippen MR) is 251 cm³/mol. The Hall–Kier alpha value is -6.16. The third kappa shape index (κ3) is 8.14. The number of ether oxygens (including phenoxy) is 4. The number of benzene rings is 3. The lowest BCUT2D eigenvalue weighted by Gasteiger charge is -2.39. The Balaban J connectivity index is 0.906. The van der Waals surface area contributed by atoms with E-state index in [0.717, 1.165) is 106 Å². The van der Waals surface area contributed by atoms with Gasteiger partial charge in [-0.25, -0.2) is 19.6 Å². The van der Waals surface area contributed by atoms with E-state index in [2.05, 4.69) is 63.9 Å². The molecular weight excluding hydrogens is 853 g/mol. The zero-order valence-electron chi connectivity index (χ0n) is 39.4. The Kier molecular flexibility index (Phi) is 11.9. The Morgan fingerprint density at radius 2 is 1.58 bits per heavy atom. The van der Waals surface area contributed by atoms with E-state index in [1.807, 2.05) is 49.8 Å². The first-order valence-corrected chi connectivity index (χ1v) is 24.1. The number of amides is 4. The summed E-state index contributed by atoms with van der Waals surface area (Å²) in [5, 5.41) is 7.65. The average molecular weight is 915 g/mol. The molecule has 10 rings (SSSR count). The largest absolute Gasteiger partial charge is 0.488 e. The molecule has 9 atom stereocenters. The van der Waals surface area contributed by atoms with Gasteiger partial charge in [0, 0.05) is 23.0 Å². The average Bonchev–Trinajstić information content (AvgIpc) is 4.17. The summed E-state index contributed by atoms with van der Waals surface area (Å²) in [4.78, 5) is 74.9. The van der Waals surface area contributed by atoms with E-state index in [1.54, 1.807) is 0 Å². The van der Waals surface area contributed by atoms with Crippen molar-refractivity contribution in [3.8, 4) is 28.1 Å². The van der Waals surface area contributed by atoms with Crippen molar-refractivity contribution >= 4 is 45.8 Å². The highest BCUT2D eigenvalue weighted by Gasteiger charge is 2.50. The van der Waals surface area contributed by atoms with Crippen molar-refractivity contribution < 1.29 is 38.1 Å². The molecule has 0 spiro atoms. The van der Waals surface area contributed by atoms with Gasteiger partial charge in [0.05, 0.1) is 61.4 Å². The fourth-order valence-electron chi connectivity index (χ4n) is 12.1. The summed E-state index contributed by atoms with van der Waals surface area (Å²) in [6.07, 6.45) is 7.31. The SMILES string of the molecule is COC(=O)NC(C(=O)N1C(c2ncc(-c3ccc4c(c3)COc3cc5c(ccc6[nH]c(C7CCC(C)N7C(=O)C(NC(=O)OC)C7CC(C)OC(C)C7)nc65)cc3-4)[nH]2)CC2CCCC21)C(C)C. The molecule has 1 aliphatic carbocycles. The number of likely N-dealkylation sites (tertiary alicyclic amines) is 2. The molecule has 3 saturated heterocycles. The minimum atomic E-state index is -0.754. The maximum atomic E-state index is 14.6. The minimum absolute atomic E-state index is 0.0338. The first-order chi connectivity index (χ1) is 32.3. The maximum absolute atomic E-state index is 14.6. The monoisotopic (exact) mass is 914 g/mol. The molecule has 354 valence electrons. The van der Waals surface area contributed by atoms with Gasteiger partial charge in [-0.3, -0.25) is 9.59 Å². The number of fused-ring (bicyclic) bond motifs is 7. The van der Waals surface area contributed by atoms with E-state index in [1.165, 1.54) is 14.2 Å². The highest BCUT2D eigenvalue weighted by Crippen LogP contribution is 2.48. The number of imidazole rings is 2. The molecule has 67 heavy (non-hydrogen) atoms. The highest BCUT2D eigenvalue weighted by atomic mass is 16.5. The summed E-state index contributed by atoms with van der Waals surface area (Å²) in [6.45, 7) is 10.3. The van der Waals surface area contributed by atoms with Crippen molar-refractivity contribution in [1.82, 2.24) is 40.4 Å². The predicted octanol–water partition coefficient (Wildman–Crippen LogP) is 8.47. The zero-order chi connectivity index (χ0) is 46.8. The van der Waals surface area contributed by atoms with Gasteiger partial charge in [-0.1, -0.05) is 38.5 Å². The molecule has 2 aromatic heterocycles. The third-order valence-electron chi connectivity index (χ3n) is 15.2. The van der Waals surface area contributed by atoms with Crippen LogP contribution in [0.25, 0.3) is 44.2 Å². The number of H-pyrrole nitrogens is 2. The number of alkyl carbamates (subject to hydrolysis) is 2. The number of nitrogens with zero attached hydrogens (tertiary/aromatic N) is 4. The molecular formula is C51H62N8O8. The summed E-state index contributed by atoms with van der Waals surface area (Å²) in [5.74, 6) is 2.18. The smallest absolute Gasteiger partial charge is 0.407 e. The fourth-order valence-corrected chi connectivity index (χ4v) is 12.1. The summed E-state index contributed by atoms with van der Waals surface area (Å²) >= 11 is 0. The van der Waals surface area contributed by atoms with Crippen LogP contribution in [0.2, 0.25) is 0 Å². The van der Waals surface area contributed by atoms with E-state index < -0.39 is 24.3 Å². The van der Waals surface area contributed by atoms with Gasteiger partial charge in [-0.05, 0) is 130 Å². The van der Waals surface area contributed by atoms with Crippen LogP contribution in [-0.2, 0) is 30.4 Å². The molecule has 4 aliphatic heterocycles. The van der Waals surface area contributed by atoms with Gasteiger partial charge in [0.25, 0.3) is 0 Å². The Morgan fingerprint density at radius 1 is 0.806 bits per heavy atom. The van der Waals surface area contributed by atoms with Crippen molar-refractivity contribution in [1.29, 1.82) is 0 Å². The number of rotatable bonds is 9. The van der Waals surface area contributed by atoms with Gasteiger partial charge in [0.2, 0.25) is 11.8 Å². The molecule has 9 unspecified atom stereocenters. The lowest BCUT2D eigenvalue weighted by atomic mass is 9.85. The normalized spacial score (nSPS) is 26.4. The summed E-state index contributed by atoms with van der Waals surface area (Å²) in [5.41, 5.74) is 6.64. The summed E-state index contributed by atoms with van der Waals surface area (Å²) < 4.78 is 22.4. The van der Waals surface area contributed by atoms with Crippen molar-refractivity contribution in [3.63, 3.8) is 0 Å². The van der Waals surface area contributed by atoms with Crippen LogP contribution in [0.15, 0.2) is 48.7 Å². The van der Waals surface area contributed by atoms with Crippen LogP contribution >= 0.6 is 0 Å². The van der Waals surface area contributed by atoms with E-state index in [9.17, 15) is 19.2 Å². The van der Waals surface area contributed by atoms with E-state index >= 15 is 0 Å². The topological polar surface area (TPSA) is 193 Å². The molecule has 4 amide bonds. The standard InChI is InChI=1S/C51H62N8O8/c1-25(2)43(56-50(62)64-6)48(60)59-39-10-8-9-31(39)21-41(59)46-52-23-38(54-46)30-12-14-34-33(19-30)24-66-42-22-35-29(20-36(34)42)13-15-37-45(35)55-47(53-37)40-16-11-26(3)58(40)49(61)44(57-51(63)65-7)32-17-27(4)67-28(5)18-32/h12-15,19-20,22-23,25-28,31-32,39-41,43-44H,8-11,16-18,21,24H2,1-7H3,(H,52,54)(H,53,55)(H,56,62)(H,57,63). The van der Waals surface area contributed by atoms with E-state index in [0.29, 0.717) is 25.4 Å². The highest BCUT2D eigenvalue weighted by molar-refractivity contribution is 6.07. The zero-order valence-corrected chi connectivity index (χ0v) is 39.4. The number of methoxy groups -OCH3 is 2. The molecule has 3 aromatic carbocycles. The Labute approximate surface area is 390 Å². The third-order valence-corrected chi connectivity index (χ3v) is 15.2. The molecule has 0 radical (unpaired) electrons. The number of carbonyl (C=O) groups is 4. The van der Waals surface area contributed by atoms with Gasteiger partial charge in [-0.15, -0.1) is 0 Å². The van der Waals surface area contributed by atoms with Gasteiger partial charge in [0.15, 0.2) is 0 Å². The van der Waals surface area contributed by atoms with Gasteiger partial charge < -0.3 is 49.3 Å². The Morgan fingerprint density at radius 3 is 2.34 bits per heavy atom. The number of hydrogen-bond donors (Lipinski definition) is 4. The molecule has 4 N–H and O–H groups in total. The van der Waals surface area contributed by atoms with Crippen molar-refractivity contribution in [3.05, 3.63) is 65.9 Å². The second-order valence-electron chi connectivity index (χ2n) is 19.9. The maximum Gasteiger partial charge on any atom is 0.407 e. The first kappa shape index (κ1) is 44.7. The quantitative estimate of drug-likeness (QED) is 0.112.